The second kappa shape index (κ2) is 4.12. The van der Waals surface area contributed by atoms with Crippen LogP contribution in [0.1, 0.15) is 11.4 Å². The Morgan fingerprint density at radius 2 is 1.71 bits per heavy atom. The maximum atomic E-state index is 12.2. The minimum Gasteiger partial charge on any atom is -0.256 e. The van der Waals surface area contributed by atoms with Crippen LogP contribution in [0.2, 0.25) is 0 Å². The van der Waals surface area contributed by atoms with E-state index >= 15 is 0 Å². The van der Waals surface area contributed by atoms with Gasteiger partial charge in [-0.3, -0.25) is 4.98 Å². The first-order valence-corrected chi connectivity index (χ1v) is 4.79. The highest BCUT2D eigenvalue weighted by Crippen LogP contribution is 2.26. The van der Waals surface area contributed by atoms with Gasteiger partial charge in [0.25, 0.3) is 0 Å². The van der Waals surface area contributed by atoms with Crippen LogP contribution >= 0.6 is 0 Å². The number of pyridine rings is 1. The zero-order valence-electron chi connectivity index (χ0n) is 8.86. The highest BCUT2D eigenvalue weighted by Gasteiger charge is 2.34. The molecule has 0 unspecified atom stereocenters. The topological polar surface area (TPSA) is 38.7 Å². The molecule has 0 saturated heterocycles. The van der Waals surface area contributed by atoms with E-state index in [2.05, 4.69) is 15.0 Å². The first-order valence-electron chi connectivity index (χ1n) is 4.79. The van der Waals surface area contributed by atoms with Gasteiger partial charge in [-0.25, -0.2) is 9.97 Å². The molecule has 0 atom stereocenters. The average Bonchev–Trinajstić information content (AvgIpc) is 2.28. The zero-order valence-corrected chi connectivity index (χ0v) is 8.86. The predicted molar refractivity (Wildman–Crippen MR) is 55.0 cm³/mol. The smallest absolute Gasteiger partial charge is 0.256 e. The van der Waals surface area contributed by atoms with Crippen LogP contribution in [0.5, 0.6) is 0 Å². The van der Waals surface area contributed by atoms with Gasteiger partial charge in [-0.15, -0.1) is 0 Å². The van der Waals surface area contributed by atoms with Crippen molar-refractivity contribution in [1.29, 1.82) is 0 Å². The summed E-state index contributed by atoms with van der Waals surface area (Å²) in [5.41, 5.74) is 1.98. The van der Waals surface area contributed by atoms with Crippen molar-refractivity contribution in [2.24, 2.45) is 0 Å². The third-order valence-electron chi connectivity index (χ3n) is 2.12. The molecule has 0 bridgehead atoms. The van der Waals surface area contributed by atoms with E-state index in [0.29, 0.717) is 11.3 Å². The number of nitrogens with zero attached hydrogens (tertiary/aromatic N) is 3. The summed E-state index contributed by atoms with van der Waals surface area (Å²) < 4.78 is 36.7. The molecule has 6 heteroatoms. The molecule has 0 aliphatic carbocycles. The number of hydrogen-bond acceptors (Lipinski definition) is 3. The molecule has 2 aromatic heterocycles. The van der Waals surface area contributed by atoms with E-state index < -0.39 is 12.0 Å². The second-order valence-electron chi connectivity index (χ2n) is 3.51. The molecule has 0 N–H and O–H groups in total. The van der Waals surface area contributed by atoms with Gasteiger partial charge in [-0.1, -0.05) is 0 Å². The first-order chi connectivity index (χ1) is 7.97. The highest BCUT2D eigenvalue weighted by molar-refractivity contribution is 5.57. The summed E-state index contributed by atoms with van der Waals surface area (Å²) in [6.45, 7) is 1.87. The van der Waals surface area contributed by atoms with Gasteiger partial charge < -0.3 is 0 Å². The SMILES string of the molecule is Cc1ccnc(-c2cnc(C(F)(F)F)nc2)c1. The van der Waals surface area contributed by atoms with Crippen LogP contribution in [0.15, 0.2) is 30.7 Å². The van der Waals surface area contributed by atoms with Crippen LogP contribution in [-0.4, -0.2) is 15.0 Å². The Balaban J connectivity index is 2.36. The van der Waals surface area contributed by atoms with Crippen LogP contribution in [0.4, 0.5) is 13.2 Å². The lowest BCUT2D eigenvalue weighted by atomic mass is 10.2. The minimum absolute atomic E-state index is 0.460. The van der Waals surface area contributed by atoms with Crippen molar-refractivity contribution < 1.29 is 13.2 Å². The highest BCUT2D eigenvalue weighted by atomic mass is 19.4. The first kappa shape index (κ1) is 11.5. The molecule has 2 aromatic rings. The van der Waals surface area contributed by atoms with Gasteiger partial charge in [0.1, 0.15) is 0 Å². The number of hydrogen-bond donors (Lipinski definition) is 0. The lowest BCUT2D eigenvalue weighted by Crippen LogP contribution is -2.10. The van der Waals surface area contributed by atoms with Crippen molar-refractivity contribution in [3.63, 3.8) is 0 Å². The van der Waals surface area contributed by atoms with Crippen molar-refractivity contribution in [3.8, 4) is 11.3 Å². The maximum Gasteiger partial charge on any atom is 0.451 e. The van der Waals surface area contributed by atoms with Crippen LogP contribution in [-0.2, 0) is 6.18 Å². The summed E-state index contributed by atoms with van der Waals surface area (Å²) >= 11 is 0. The standard InChI is InChI=1S/C11H8F3N3/c1-7-2-3-15-9(4-7)8-5-16-10(17-6-8)11(12,13)14/h2-6H,1H3. The summed E-state index contributed by atoms with van der Waals surface area (Å²) in [5, 5.41) is 0. The Morgan fingerprint density at radius 3 is 2.24 bits per heavy atom. The Hall–Kier alpha value is -1.98. The van der Waals surface area contributed by atoms with Gasteiger partial charge >= 0.3 is 6.18 Å². The molecule has 0 spiro atoms. The Morgan fingerprint density at radius 1 is 1.06 bits per heavy atom. The van der Waals surface area contributed by atoms with E-state index in [1.807, 2.05) is 6.92 Å². The molecule has 0 aromatic carbocycles. The lowest BCUT2D eigenvalue weighted by Gasteiger charge is -2.05. The number of alkyl halides is 3. The van der Waals surface area contributed by atoms with Crippen LogP contribution in [0, 0.1) is 6.92 Å². The Labute approximate surface area is 95.4 Å². The zero-order chi connectivity index (χ0) is 12.5. The predicted octanol–water partition coefficient (Wildman–Crippen LogP) is 2.87. The molecule has 0 radical (unpaired) electrons. The van der Waals surface area contributed by atoms with E-state index in [4.69, 9.17) is 0 Å². The average molecular weight is 239 g/mol. The molecule has 2 heterocycles. The number of rotatable bonds is 1. The van der Waals surface area contributed by atoms with Crippen LogP contribution in [0.25, 0.3) is 11.3 Å². The van der Waals surface area contributed by atoms with E-state index in [-0.39, 0.29) is 0 Å². The van der Waals surface area contributed by atoms with E-state index in [9.17, 15) is 13.2 Å². The summed E-state index contributed by atoms with van der Waals surface area (Å²) in [5.74, 6) is -1.14. The van der Waals surface area contributed by atoms with Gasteiger partial charge in [-0.2, -0.15) is 13.2 Å². The quantitative estimate of drug-likeness (QED) is 0.768. The van der Waals surface area contributed by atoms with Gasteiger partial charge in [0, 0.05) is 24.2 Å². The maximum absolute atomic E-state index is 12.2. The third kappa shape index (κ3) is 2.58. The van der Waals surface area contributed by atoms with Gasteiger partial charge in [-0.05, 0) is 24.6 Å². The fourth-order valence-corrected chi connectivity index (χ4v) is 1.30. The van der Waals surface area contributed by atoms with Crippen molar-refractivity contribution in [2.45, 2.75) is 13.1 Å². The Kier molecular flexibility index (Phi) is 2.79. The lowest BCUT2D eigenvalue weighted by molar-refractivity contribution is -0.144. The van der Waals surface area contributed by atoms with E-state index in [1.54, 1.807) is 18.3 Å². The molecule has 3 nitrogen and oxygen atoms in total. The molecule has 17 heavy (non-hydrogen) atoms. The Bertz CT molecular complexity index is 520. The number of aryl methyl sites for hydroxylation is 1. The fourth-order valence-electron chi connectivity index (χ4n) is 1.30. The molecular formula is C11H8F3N3. The number of aromatic nitrogens is 3. The summed E-state index contributed by atoms with van der Waals surface area (Å²) in [6.07, 6.45) is -0.684. The molecule has 0 aliphatic rings. The molecule has 0 saturated carbocycles. The second-order valence-corrected chi connectivity index (χ2v) is 3.51. The summed E-state index contributed by atoms with van der Waals surface area (Å²) in [4.78, 5) is 10.6. The van der Waals surface area contributed by atoms with Crippen molar-refractivity contribution in [2.75, 3.05) is 0 Å². The third-order valence-corrected chi connectivity index (χ3v) is 2.12. The molecule has 88 valence electrons. The minimum atomic E-state index is -4.52. The monoisotopic (exact) mass is 239 g/mol. The molecule has 0 aliphatic heterocycles. The van der Waals surface area contributed by atoms with E-state index in [0.717, 1.165) is 18.0 Å². The van der Waals surface area contributed by atoms with E-state index in [1.165, 1.54) is 0 Å². The van der Waals surface area contributed by atoms with Crippen LogP contribution in [0.3, 0.4) is 0 Å². The fraction of sp³-hybridized carbons (Fsp3) is 0.182. The molecule has 2 rings (SSSR count). The van der Waals surface area contributed by atoms with Gasteiger partial charge in [0.05, 0.1) is 5.69 Å². The van der Waals surface area contributed by atoms with Crippen molar-refractivity contribution in [3.05, 3.63) is 42.1 Å². The van der Waals surface area contributed by atoms with Crippen molar-refractivity contribution >= 4 is 0 Å². The normalized spacial score (nSPS) is 11.5. The van der Waals surface area contributed by atoms with Crippen LogP contribution < -0.4 is 0 Å². The molecular weight excluding hydrogens is 231 g/mol. The summed E-state index contributed by atoms with van der Waals surface area (Å²) in [7, 11) is 0. The number of halogens is 3. The molecule has 0 amide bonds. The van der Waals surface area contributed by atoms with Gasteiger partial charge in [0.2, 0.25) is 5.82 Å². The van der Waals surface area contributed by atoms with Crippen molar-refractivity contribution in [1.82, 2.24) is 15.0 Å². The van der Waals surface area contributed by atoms with Gasteiger partial charge in [0.15, 0.2) is 0 Å². The largest absolute Gasteiger partial charge is 0.451 e. The molecule has 0 fully saturated rings. The summed E-state index contributed by atoms with van der Waals surface area (Å²) in [6, 6.07) is 3.56.